The summed E-state index contributed by atoms with van der Waals surface area (Å²) in [5.74, 6) is -0.401. The van der Waals surface area contributed by atoms with Gasteiger partial charge in [0.05, 0.1) is 5.56 Å². The number of nitrogens with one attached hydrogen (secondary N) is 1. The molecule has 130 valence electrons. The zero-order chi connectivity index (χ0) is 17.6. The number of carboxylic acids is 1. The topological polar surface area (TPSA) is 78.9 Å². The largest absolute Gasteiger partial charge is 0.478 e. The molecule has 0 unspecified atom stereocenters. The number of ether oxygens (including phenoxy) is 1. The molecule has 0 atom stereocenters. The van der Waals surface area contributed by atoms with Crippen LogP contribution in [0.2, 0.25) is 0 Å². The van der Waals surface area contributed by atoms with Crippen LogP contribution in [-0.4, -0.2) is 36.3 Å². The Hall–Kier alpha value is -3.02. The first-order valence-electron chi connectivity index (χ1n) is 8.23. The van der Waals surface area contributed by atoms with E-state index in [1.54, 1.807) is 24.3 Å². The molecule has 1 saturated heterocycles. The molecule has 0 spiro atoms. The smallest absolute Gasteiger partial charge is 0.412 e. The minimum atomic E-state index is -0.925. The number of hydrogen-bond acceptors (Lipinski definition) is 4. The molecule has 1 aliphatic heterocycles. The van der Waals surface area contributed by atoms with Gasteiger partial charge in [-0.3, -0.25) is 0 Å². The number of para-hydroxylation sites is 1. The van der Waals surface area contributed by atoms with E-state index in [-0.39, 0.29) is 11.6 Å². The Kier molecular flexibility index (Phi) is 5.18. The van der Waals surface area contributed by atoms with Crippen molar-refractivity contribution in [3.05, 3.63) is 60.2 Å². The number of anilines is 1. The van der Waals surface area contributed by atoms with Crippen LogP contribution >= 0.6 is 0 Å². The lowest BCUT2D eigenvalue weighted by Gasteiger charge is -2.33. The van der Waals surface area contributed by atoms with Crippen LogP contribution in [0.4, 0.5) is 10.5 Å². The molecular weight excluding hydrogens is 320 g/mol. The van der Waals surface area contributed by atoms with Gasteiger partial charge in [0.1, 0.15) is 5.75 Å². The number of nitrogens with zero attached hydrogens (tertiary/aromatic N) is 1. The van der Waals surface area contributed by atoms with Crippen LogP contribution < -0.4 is 15.0 Å². The Morgan fingerprint density at radius 2 is 1.64 bits per heavy atom. The van der Waals surface area contributed by atoms with Gasteiger partial charge in [0.15, 0.2) is 0 Å². The number of piperidine rings is 1. The van der Waals surface area contributed by atoms with Gasteiger partial charge >= 0.3 is 12.1 Å². The molecule has 0 radical (unpaired) electrons. The summed E-state index contributed by atoms with van der Waals surface area (Å²) in [5, 5.41) is 11.8. The average Bonchev–Trinajstić information content (AvgIpc) is 2.63. The van der Waals surface area contributed by atoms with Gasteiger partial charge in [0, 0.05) is 24.8 Å². The lowest BCUT2D eigenvalue weighted by Crippen LogP contribution is -2.45. The van der Waals surface area contributed by atoms with E-state index in [0.29, 0.717) is 5.75 Å². The van der Waals surface area contributed by atoms with E-state index in [9.17, 15) is 9.59 Å². The summed E-state index contributed by atoms with van der Waals surface area (Å²) in [6.45, 7) is 1.59. The molecule has 6 nitrogen and oxygen atoms in total. The summed E-state index contributed by atoms with van der Waals surface area (Å²) >= 11 is 0. The summed E-state index contributed by atoms with van der Waals surface area (Å²) < 4.78 is 5.24. The molecule has 0 aliphatic carbocycles. The summed E-state index contributed by atoms with van der Waals surface area (Å²) in [6.07, 6.45) is 1.19. The quantitative estimate of drug-likeness (QED) is 0.894. The molecule has 2 N–H and O–H groups in total. The number of aromatic carboxylic acids is 1. The predicted octanol–water partition coefficient (Wildman–Crippen LogP) is 3.14. The van der Waals surface area contributed by atoms with Gasteiger partial charge in [-0.2, -0.15) is 0 Å². The van der Waals surface area contributed by atoms with E-state index in [1.165, 1.54) is 0 Å². The van der Waals surface area contributed by atoms with E-state index >= 15 is 0 Å². The van der Waals surface area contributed by atoms with Crippen LogP contribution in [0, 0.1) is 0 Å². The molecule has 0 aromatic heterocycles. The Morgan fingerprint density at radius 1 is 1.00 bits per heavy atom. The Balaban J connectivity index is 1.48. The molecule has 1 amide bonds. The summed E-state index contributed by atoms with van der Waals surface area (Å²) in [5.41, 5.74) is 1.28. The van der Waals surface area contributed by atoms with Crippen LogP contribution in [0.5, 0.6) is 5.75 Å². The number of benzene rings is 2. The Morgan fingerprint density at radius 3 is 2.24 bits per heavy atom. The monoisotopic (exact) mass is 340 g/mol. The van der Waals surface area contributed by atoms with Crippen LogP contribution in [0.25, 0.3) is 0 Å². The van der Waals surface area contributed by atoms with Crippen LogP contribution in [0.15, 0.2) is 54.6 Å². The van der Waals surface area contributed by atoms with Gasteiger partial charge < -0.3 is 20.1 Å². The highest BCUT2D eigenvalue weighted by molar-refractivity contribution is 5.88. The van der Waals surface area contributed by atoms with Crippen molar-refractivity contribution in [2.24, 2.45) is 0 Å². The van der Waals surface area contributed by atoms with Crippen molar-refractivity contribution >= 4 is 17.7 Å². The summed E-state index contributed by atoms with van der Waals surface area (Å²) in [7, 11) is 0. The first-order chi connectivity index (χ1) is 12.1. The van der Waals surface area contributed by atoms with Crippen molar-refractivity contribution < 1.29 is 19.4 Å². The normalized spacial score (nSPS) is 14.8. The second-order valence-electron chi connectivity index (χ2n) is 5.96. The highest BCUT2D eigenvalue weighted by atomic mass is 16.6. The standard InChI is InChI=1S/C19H20N2O4/c22-18(23)14-6-8-16(9-7-14)21-12-10-15(11-13-21)20-19(24)25-17-4-2-1-3-5-17/h1-9,15H,10-13H2,(H,20,24)(H,22,23). The lowest BCUT2D eigenvalue weighted by atomic mass is 10.0. The lowest BCUT2D eigenvalue weighted by molar-refractivity contribution is 0.0697. The highest BCUT2D eigenvalue weighted by Gasteiger charge is 2.21. The minimum Gasteiger partial charge on any atom is -0.478 e. The van der Waals surface area contributed by atoms with Crippen LogP contribution in [-0.2, 0) is 0 Å². The van der Waals surface area contributed by atoms with Crippen LogP contribution in [0.3, 0.4) is 0 Å². The van der Waals surface area contributed by atoms with Crippen molar-refractivity contribution in [2.75, 3.05) is 18.0 Å². The fourth-order valence-corrected chi connectivity index (χ4v) is 2.89. The molecule has 1 heterocycles. The van der Waals surface area contributed by atoms with Gasteiger partial charge in [-0.1, -0.05) is 18.2 Å². The van der Waals surface area contributed by atoms with Crippen molar-refractivity contribution in [3.8, 4) is 5.75 Å². The number of carboxylic acid groups (broad SMARTS) is 1. The molecule has 1 aliphatic rings. The predicted molar refractivity (Wildman–Crippen MR) is 94.2 cm³/mol. The van der Waals surface area contributed by atoms with Gasteiger partial charge in [0.25, 0.3) is 0 Å². The average molecular weight is 340 g/mol. The van der Waals surface area contributed by atoms with Gasteiger partial charge in [0.2, 0.25) is 0 Å². The fraction of sp³-hybridized carbons (Fsp3) is 0.263. The maximum Gasteiger partial charge on any atom is 0.412 e. The van der Waals surface area contributed by atoms with Crippen molar-refractivity contribution in [1.29, 1.82) is 0 Å². The van der Waals surface area contributed by atoms with E-state index in [0.717, 1.165) is 31.6 Å². The second kappa shape index (κ2) is 7.70. The second-order valence-corrected chi connectivity index (χ2v) is 5.96. The van der Waals surface area contributed by atoms with E-state index in [1.807, 2.05) is 30.3 Å². The maximum atomic E-state index is 11.9. The first kappa shape index (κ1) is 16.8. The molecule has 6 heteroatoms. The number of carbonyl (C=O) groups excluding carboxylic acids is 1. The molecular formula is C19H20N2O4. The maximum absolute atomic E-state index is 11.9. The third kappa shape index (κ3) is 4.50. The molecule has 1 fully saturated rings. The fourth-order valence-electron chi connectivity index (χ4n) is 2.89. The molecule has 0 saturated carbocycles. The Bertz CT molecular complexity index is 723. The number of carbonyl (C=O) groups is 2. The van der Waals surface area contributed by atoms with Crippen molar-refractivity contribution in [2.45, 2.75) is 18.9 Å². The van der Waals surface area contributed by atoms with Gasteiger partial charge in [-0.25, -0.2) is 9.59 Å². The van der Waals surface area contributed by atoms with Gasteiger partial charge in [-0.05, 0) is 49.2 Å². The van der Waals surface area contributed by atoms with E-state index in [2.05, 4.69) is 10.2 Å². The van der Waals surface area contributed by atoms with Crippen molar-refractivity contribution in [3.63, 3.8) is 0 Å². The van der Waals surface area contributed by atoms with E-state index < -0.39 is 12.1 Å². The van der Waals surface area contributed by atoms with Gasteiger partial charge in [-0.15, -0.1) is 0 Å². The molecule has 25 heavy (non-hydrogen) atoms. The van der Waals surface area contributed by atoms with E-state index in [4.69, 9.17) is 9.84 Å². The third-order valence-corrected chi connectivity index (χ3v) is 4.25. The summed E-state index contributed by atoms with van der Waals surface area (Å²) in [4.78, 5) is 25.0. The number of amides is 1. The summed E-state index contributed by atoms with van der Waals surface area (Å²) in [6, 6.07) is 15.9. The number of rotatable bonds is 4. The van der Waals surface area contributed by atoms with Crippen molar-refractivity contribution in [1.82, 2.24) is 5.32 Å². The molecule has 2 aromatic carbocycles. The number of hydrogen-bond donors (Lipinski definition) is 2. The van der Waals surface area contributed by atoms with Crippen LogP contribution in [0.1, 0.15) is 23.2 Å². The molecule has 0 bridgehead atoms. The zero-order valence-corrected chi connectivity index (χ0v) is 13.7. The molecule has 3 rings (SSSR count). The zero-order valence-electron chi connectivity index (χ0n) is 13.7. The SMILES string of the molecule is O=C(NC1CCN(c2ccc(C(=O)O)cc2)CC1)Oc1ccccc1. The minimum absolute atomic E-state index is 0.0748. The highest BCUT2D eigenvalue weighted by Crippen LogP contribution is 2.21. The first-order valence-corrected chi connectivity index (χ1v) is 8.23. The third-order valence-electron chi connectivity index (χ3n) is 4.25. The molecule has 2 aromatic rings. The Labute approximate surface area is 146 Å².